The summed E-state index contributed by atoms with van der Waals surface area (Å²) in [7, 11) is 2.07. The van der Waals surface area contributed by atoms with Crippen molar-refractivity contribution in [3.63, 3.8) is 0 Å². The van der Waals surface area contributed by atoms with Gasteiger partial charge in [0.1, 0.15) is 0 Å². The first-order valence-corrected chi connectivity index (χ1v) is 7.05. The van der Waals surface area contributed by atoms with E-state index in [2.05, 4.69) is 74.0 Å². The van der Waals surface area contributed by atoms with E-state index in [0.29, 0.717) is 0 Å². The average Bonchev–Trinajstić information content (AvgIpc) is 2.73. The Morgan fingerprint density at radius 1 is 0.917 bits per heavy atom. The van der Waals surface area contributed by atoms with Crippen molar-refractivity contribution >= 4 is 9.75 Å². The van der Waals surface area contributed by atoms with E-state index < -0.39 is 0 Å². The summed E-state index contributed by atoms with van der Waals surface area (Å²) in [4.78, 5) is 2.17. The molecule has 6 nitrogen and oxygen atoms in total. The summed E-state index contributed by atoms with van der Waals surface area (Å²) < 4.78 is 40.5. The molecule has 0 aromatic heterocycles. The summed E-state index contributed by atoms with van der Waals surface area (Å²) >= 11 is 1.30. The molecular formula is C17H13NO5W. The number of rotatable bonds is 3. The normalized spacial score (nSPS) is 5.50. The van der Waals surface area contributed by atoms with Gasteiger partial charge in [-0.1, -0.05) is 0 Å². The molecule has 0 unspecified atom stereocenters. The molecule has 0 saturated carbocycles. The van der Waals surface area contributed by atoms with Gasteiger partial charge >= 0.3 is 153 Å². The van der Waals surface area contributed by atoms with Crippen molar-refractivity contribution in [2.75, 3.05) is 13.6 Å². The van der Waals surface area contributed by atoms with E-state index in [1.165, 1.54) is 24.9 Å². The molecular weight excluding hydrogens is 482 g/mol. The monoisotopic (exact) mass is 495 g/mol. The standard InChI is InChI=1S/C12H13N.5CO.W/c1-4-12(13(3)5-2)11-9-7-6-8-10-11;5*1-2;/h6-10H,5H2,2-3H3;;;;;;. The molecule has 0 fully saturated rings. The van der Waals surface area contributed by atoms with Crippen LogP contribution in [0, 0.1) is 33.3 Å². The summed E-state index contributed by atoms with van der Waals surface area (Å²) in [6.07, 6.45) is 0. The van der Waals surface area contributed by atoms with Gasteiger partial charge in [0.15, 0.2) is 0 Å². The van der Waals surface area contributed by atoms with E-state index in [-0.39, 0.29) is 0 Å². The van der Waals surface area contributed by atoms with Crippen LogP contribution in [-0.4, -0.2) is 22.5 Å². The second-order valence-corrected chi connectivity index (χ2v) is 3.69. The minimum atomic E-state index is 0.980. The molecule has 0 aliphatic carbocycles. The first kappa shape index (κ1) is 33.4. The van der Waals surface area contributed by atoms with Gasteiger partial charge < -0.3 is 0 Å². The predicted molar refractivity (Wildman–Crippen MR) is 76.3 cm³/mol. The van der Waals surface area contributed by atoms with Crippen LogP contribution < -0.4 is 0 Å². The van der Waals surface area contributed by atoms with Crippen LogP contribution in [-0.2, 0) is 42.6 Å². The Morgan fingerprint density at radius 3 is 1.58 bits per heavy atom. The van der Waals surface area contributed by atoms with Gasteiger partial charge in [0.25, 0.3) is 0 Å². The molecule has 0 spiro atoms. The van der Waals surface area contributed by atoms with Gasteiger partial charge in [0.2, 0.25) is 0 Å². The van der Waals surface area contributed by atoms with Crippen LogP contribution in [0.3, 0.4) is 0 Å². The maximum atomic E-state index is 7.50. The van der Waals surface area contributed by atoms with E-state index in [0.717, 1.165) is 12.2 Å². The van der Waals surface area contributed by atoms with Crippen molar-refractivity contribution in [3.05, 3.63) is 74.9 Å². The van der Waals surface area contributed by atoms with Crippen LogP contribution >= 0.6 is 0 Å². The molecule has 0 saturated heterocycles. The second kappa shape index (κ2) is 37.2. The van der Waals surface area contributed by atoms with Crippen LogP contribution in [0.15, 0.2) is 36.1 Å². The number of hydrogen-bond acceptors (Lipinski definition) is 1. The summed E-state index contributed by atoms with van der Waals surface area (Å²) in [5, 5.41) is 0. The molecule has 24 heavy (non-hydrogen) atoms. The summed E-state index contributed by atoms with van der Waals surface area (Å²) in [6, 6.07) is 10.3. The van der Waals surface area contributed by atoms with E-state index in [1.54, 1.807) is 0 Å². The fourth-order valence-corrected chi connectivity index (χ4v) is 1.54. The number of hydrogen-bond donors (Lipinski definition) is 0. The van der Waals surface area contributed by atoms with Crippen LogP contribution in [0.4, 0.5) is 0 Å². The van der Waals surface area contributed by atoms with Gasteiger partial charge in [0.05, 0.1) is 0 Å². The topological polar surface area (TPSA) is 103 Å². The van der Waals surface area contributed by atoms with Gasteiger partial charge in [-0.25, -0.2) is 0 Å². The Morgan fingerprint density at radius 2 is 1.29 bits per heavy atom. The molecule has 0 aliphatic heterocycles. The van der Waals surface area contributed by atoms with Gasteiger partial charge in [-0.3, -0.25) is 0 Å². The van der Waals surface area contributed by atoms with Crippen LogP contribution in [0.5, 0.6) is 0 Å². The zero-order valence-corrected chi connectivity index (χ0v) is 15.9. The molecule has 1 aromatic carbocycles. The molecule has 0 amide bonds. The van der Waals surface area contributed by atoms with Gasteiger partial charge in [-0.2, -0.15) is 0 Å². The third-order valence-electron chi connectivity index (χ3n) is 2.07. The molecule has 0 N–H and O–H groups in total. The minimum absolute atomic E-state index is 0.980. The first-order valence-electron chi connectivity index (χ1n) is 5.58. The molecule has 122 valence electrons. The van der Waals surface area contributed by atoms with Crippen molar-refractivity contribution in [2.24, 2.45) is 0 Å². The third-order valence-corrected chi connectivity index (χ3v) is 2.44. The fourth-order valence-electron chi connectivity index (χ4n) is 1.19. The first-order chi connectivity index (χ1) is 11.8. The Hall–Kier alpha value is -2.16. The molecule has 7 heteroatoms. The van der Waals surface area contributed by atoms with E-state index in [1.807, 2.05) is 18.2 Å². The summed E-state index contributed by atoms with van der Waals surface area (Å²) in [5.74, 6) is 0. The molecule has 0 heterocycles. The Kier molecular flexibility index (Phi) is 51.9. The molecule has 1 aromatic rings. The van der Waals surface area contributed by atoms with Crippen molar-refractivity contribution in [1.29, 1.82) is 0 Å². The zero-order valence-electron chi connectivity index (χ0n) is 13.0. The fraction of sp³-hybridized carbons (Fsp3) is 0.176. The third kappa shape index (κ3) is 19.8. The average molecular weight is 495 g/mol. The van der Waals surface area contributed by atoms with Crippen LogP contribution in [0.2, 0.25) is 0 Å². The van der Waals surface area contributed by atoms with Crippen LogP contribution in [0.1, 0.15) is 12.5 Å². The summed E-state index contributed by atoms with van der Waals surface area (Å²) in [5.41, 5.74) is 5.49. The Labute approximate surface area is 152 Å². The molecule has 0 bridgehead atoms. The Balaban J connectivity index is -0.000000103. The van der Waals surface area contributed by atoms with Crippen LogP contribution in [0.25, 0.3) is 5.70 Å². The molecule has 1 rings (SSSR count). The summed E-state index contributed by atoms with van der Waals surface area (Å²) in [6.45, 7) is 25.6. The molecule has 0 radical (unpaired) electrons. The molecule has 0 aliphatic rings. The predicted octanol–water partition coefficient (Wildman–Crippen LogP) is 1.89. The van der Waals surface area contributed by atoms with E-state index in [4.69, 9.17) is 23.3 Å². The van der Waals surface area contributed by atoms with Gasteiger partial charge in [0, 0.05) is 0 Å². The quantitative estimate of drug-likeness (QED) is 0.357. The van der Waals surface area contributed by atoms with Crippen molar-refractivity contribution < 1.29 is 42.6 Å². The SMILES string of the molecule is CCN(C)C(=C=[C]=[W])c1ccccc1.[C-]#[O+].[C-]#[O+].[C-]#[O+].[C-]#[O+].[C-]#[O+]. The number of benzene rings is 1. The van der Waals surface area contributed by atoms with E-state index >= 15 is 0 Å². The van der Waals surface area contributed by atoms with Crippen molar-refractivity contribution in [3.8, 4) is 0 Å². The second-order valence-electron chi connectivity index (χ2n) is 2.96. The molecule has 0 atom stereocenters. The van der Waals surface area contributed by atoms with Crippen molar-refractivity contribution in [1.82, 2.24) is 4.90 Å². The Bertz CT molecular complexity index is 540. The zero-order chi connectivity index (χ0) is 20.4. The van der Waals surface area contributed by atoms with Gasteiger partial charge in [-0.05, 0) is 0 Å². The van der Waals surface area contributed by atoms with E-state index in [9.17, 15) is 0 Å². The number of nitrogens with zero attached hydrogens (tertiary/aromatic N) is 1. The van der Waals surface area contributed by atoms with Crippen molar-refractivity contribution in [2.45, 2.75) is 6.92 Å². The van der Waals surface area contributed by atoms with Gasteiger partial charge in [-0.15, -0.1) is 0 Å². The maximum absolute atomic E-state index is 7.50.